The molecule has 0 aliphatic carbocycles. The van der Waals surface area contributed by atoms with Crippen molar-refractivity contribution < 1.29 is 14.3 Å². The summed E-state index contributed by atoms with van der Waals surface area (Å²) >= 11 is 5.86. The average molecular weight is 314 g/mol. The molecule has 0 saturated carbocycles. The van der Waals surface area contributed by atoms with E-state index < -0.39 is 12.2 Å². The first-order chi connectivity index (χ1) is 10.6. The minimum atomic E-state index is -0.577. The molecule has 0 amide bonds. The van der Waals surface area contributed by atoms with Gasteiger partial charge in [0.15, 0.2) is 12.0 Å². The Balaban J connectivity index is 1.80. The molecule has 2 aromatic rings. The van der Waals surface area contributed by atoms with Crippen molar-refractivity contribution in [3.8, 4) is 0 Å². The number of rotatable bonds is 3. The van der Waals surface area contributed by atoms with Gasteiger partial charge >= 0.3 is 5.97 Å². The molecule has 1 saturated heterocycles. The number of carbonyl (C=O) groups is 2. The highest BCUT2D eigenvalue weighted by molar-refractivity contribution is 6.31. The highest BCUT2D eigenvalue weighted by Crippen LogP contribution is 2.23. The maximum Gasteiger partial charge on any atom is 0.356 e. The van der Waals surface area contributed by atoms with Crippen LogP contribution in [-0.2, 0) is 9.53 Å². The van der Waals surface area contributed by atoms with E-state index in [4.69, 9.17) is 16.3 Å². The van der Waals surface area contributed by atoms with E-state index in [2.05, 4.69) is 5.32 Å². The van der Waals surface area contributed by atoms with E-state index in [0.717, 1.165) is 5.56 Å². The largest absolute Gasteiger partial charge is 0.433 e. The van der Waals surface area contributed by atoms with Gasteiger partial charge in [0.25, 0.3) is 0 Å². The maximum atomic E-state index is 12.2. The number of ether oxygens (including phenoxy) is 1. The number of benzene rings is 2. The first kappa shape index (κ1) is 14.4. The minimum Gasteiger partial charge on any atom is -0.433 e. The van der Waals surface area contributed by atoms with Crippen molar-refractivity contribution in [2.75, 3.05) is 0 Å². The van der Waals surface area contributed by atoms with Crippen LogP contribution in [0.3, 0.4) is 0 Å². The molecule has 22 heavy (non-hydrogen) atoms. The lowest BCUT2D eigenvalue weighted by Gasteiger charge is -2.08. The van der Waals surface area contributed by atoms with Gasteiger partial charge in [-0.25, -0.2) is 4.79 Å². The number of hydrogen-bond donors (Lipinski definition) is 1. The van der Waals surface area contributed by atoms with Crippen LogP contribution in [0, 0.1) is 0 Å². The zero-order chi connectivity index (χ0) is 15.5. The van der Waals surface area contributed by atoms with Gasteiger partial charge in [-0.1, -0.05) is 54.1 Å². The Kier molecular flexibility index (Phi) is 3.94. The van der Waals surface area contributed by atoms with Gasteiger partial charge in [-0.3, -0.25) is 4.79 Å². The van der Waals surface area contributed by atoms with E-state index in [9.17, 15) is 9.59 Å². The van der Waals surface area contributed by atoms with Crippen LogP contribution in [0.4, 0.5) is 0 Å². The molecule has 5 heteroatoms. The third-order valence-electron chi connectivity index (χ3n) is 3.22. The van der Waals surface area contributed by atoms with Crippen molar-refractivity contribution in [3.63, 3.8) is 0 Å². The van der Waals surface area contributed by atoms with Gasteiger partial charge in [0.05, 0.1) is 0 Å². The van der Waals surface area contributed by atoms with Crippen LogP contribution in [0.1, 0.15) is 22.1 Å². The lowest BCUT2D eigenvalue weighted by Crippen LogP contribution is -2.14. The van der Waals surface area contributed by atoms with Crippen molar-refractivity contribution in [3.05, 3.63) is 82.5 Å². The van der Waals surface area contributed by atoms with Crippen molar-refractivity contribution in [2.45, 2.75) is 6.23 Å². The number of hydrogen-bond acceptors (Lipinski definition) is 4. The Morgan fingerprint density at radius 1 is 1.14 bits per heavy atom. The molecule has 1 aliphatic heterocycles. The lowest BCUT2D eigenvalue weighted by molar-refractivity contribution is -0.139. The SMILES string of the molecule is O=C1OC(c2ccccc2)N/C1=C/C(=O)c1cccc(Cl)c1. The minimum absolute atomic E-state index is 0.138. The molecule has 1 unspecified atom stereocenters. The summed E-state index contributed by atoms with van der Waals surface area (Å²) in [5.41, 5.74) is 1.37. The number of cyclic esters (lactones) is 1. The Morgan fingerprint density at radius 2 is 1.91 bits per heavy atom. The summed E-state index contributed by atoms with van der Waals surface area (Å²) in [6, 6.07) is 15.8. The molecule has 1 heterocycles. The van der Waals surface area contributed by atoms with E-state index >= 15 is 0 Å². The first-order valence-electron chi connectivity index (χ1n) is 6.67. The van der Waals surface area contributed by atoms with E-state index in [1.54, 1.807) is 24.3 Å². The Bertz CT molecular complexity index is 756. The summed E-state index contributed by atoms with van der Waals surface area (Å²) in [6.07, 6.45) is 0.656. The van der Waals surface area contributed by atoms with E-state index in [1.165, 1.54) is 6.08 Å². The van der Waals surface area contributed by atoms with Crippen LogP contribution in [0.2, 0.25) is 5.02 Å². The normalized spacial score (nSPS) is 18.9. The van der Waals surface area contributed by atoms with Gasteiger partial charge in [-0.15, -0.1) is 0 Å². The average Bonchev–Trinajstić information content (AvgIpc) is 2.89. The zero-order valence-electron chi connectivity index (χ0n) is 11.5. The molecule has 0 spiro atoms. The summed E-state index contributed by atoms with van der Waals surface area (Å²) in [6.45, 7) is 0. The predicted octanol–water partition coefficient (Wildman–Crippen LogP) is 3.25. The molecule has 0 radical (unpaired) electrons. The van der Waals surface area contributed by atoms with Crippen LogP contribution in [-0.4, -0.2) is 11.8 Å². The van der Waals surface area contributed by atoms with Crippen molar-refractivity contribution >= 4 is 23.4 Å². The van der Waals surface area contributed by atoms with Gasteiger partial charge in [0.2, 0.25) is 0 Å². The highest BCUT2D eigenvalue weighted by Gasteiger charge is 2.29. The van der Waals surface area contributed by atoms with Crippen LogP contribution >= 0.6 is 11.6 Å². The third kappa shape index (κ3) is 3.02. The molecule has 1 N–H and O–H groups in total. The fraction of sp³-hybridized carbons (Fsp3) is 0.0588. The van der Waals surface area contributed by atoms with Gasteiger partial charge < -0.3 is 10.1 Å². The fourth-order valence-corrected chi connectivity index (χ4v) is 2.33. The number of allylic oxidation sites excluding steroid dienone is 1. The molecule has 2 aromatic carbocycles. The van der Waals surface area contributed by atoms with Crippen LogP contribution in [0.15, 0.2) is 66.4 Å². The number of ketones is 1. The molecular weight excluding hydrogens is 302 g/mol. The molecule has 1 atom stereocenters. The van der Waals surface area contributed by atoms with Gasteiger partial charge in [0.1, 0.15) is 5.70 Å². The summed E-state index contributed by atoms with van der Waals surface area (Å²) in [7, 11) is 0. The Hall–Kier alpha value is -2.59. The molecule has 110 valence electrons. The second-order valence-electron chi connectivity index (χ2n) is 4.77. The standard InChI is InChI=1S/C17H12ClNO3/c18-13-8-4-7-12(9-13)15(20)10-14-17(21)22-16(19-14)11-5-2-1-3-6-11/h1-10,16,19H/b14-10+. The summed E-state index contributed by atoms with van der Waals surface area (Å²) in [5, 5.41) is 3.37. The van der Waals surface area contributed by atoms with Gasteiger partial charge in [-0.05, 0) is 12.1 Å². The Morgan fingerprint density at radius 3 is 2.64 bits per heavy atom. The zero-order valence-corrected chi connectivity index (χ0v) is 12.2. The lowest BCUT2D eigenvalue weighted by atomic mass is 10.1. The summed E-state index contributed by atoms with van der Waals surface area (Å²) < 4.78 is 5.22. The topological polar surface area (TPSA) is 55.4 Å². The van der Waals surface area contributed by atoms with E-state index in [-0.39, 0.29) is 11.5 Å². The van der Waals surface area contributed by atoms with Gasteiger partial charge in [-0.2, -0.15) is 0 Å². The van der Waals surface area contributed by atoms with Crippen LogP contribution in [0.5, 0.6) is 0 Å². The van der Waals surface area contributed by atoms with E-state index in [1.807, 2.05) is 30.3 Å². The number of nitrogens with one attached hydrogen (secondary N) is 1. The van der Waals surface area contributed by atoms with Crippen LogP contribution < -0.4 is 5.32 Å². The second-order valence-corrected chi connectivity index (χ2v) is 5.21. The maximum absolute atomic E-state index is 12.2. The third-order valence-corrected chi connectivity index (χ3v) is 3.45. The molecule has 0 aromatic heterocycles. The highest BCUT2D eigenvalue weighted by atomic mass is 35.5. The summed E-state index contributed by atoms with van der Waals surface area (Å²) in [5.74, 6) is -0.861. The van der Waals surface area contributed by atoms with Crippen LogP contribution in [0.25, 0.3) is 0 Å². The first-order valence-corrected chi connectivity index (χ1v) is 7.05. The number of carbonyl (C=O) groups excluding carboxylic acids is 2. The number of halogens is 1. The smallest absolute Gasteiger partial charge is 0.356 e. The molecule has 4 nitrogen and oxygen atoms in total. The Labute approximate surface area is 132 Å². The van der Waals surface area contributed by atoms with Gasteiger partial charge in [0, 0.05) is 22.2 Å². The second kappa shape index (κ2) is 6.03. The fourth-order valence-electron chi connectivity index (χ4n) is 2.14. The van der Waals surface area contributed by atoms with Crippen molar-refractivity contribution in [1.29, 1.82) is 0 Å². The quantitative estimate of drug-likeness (QED) is 0.537. The molecule has 0 bridgehead atoms. The van der Waals surface area contributed by atoms with E-state index in [0.29, 0.717) is 10.6 Å². The molecular formula is C17H12ClNO3. The van der Waals surface area contributed by atoms with Crippen molar-refractivity contribution in [2.24, 2.45) is 0 Å². The number of esters is 1. The molecule has 1 fully saturated rings. The predicted molar refractivity (Wildman–Crippen MR) is 82.3 cm³/mol. The molecule has 1 aliphatic rings. The monoisotopic (exact) mass is 313 g/mol. The summed E-state index contributed by atoms with van der Waals surface area (Å²) in [4.78, 5) is 24.0. The van der Waals surface area contributed by atoms with Crippen molar-refractivity contribution in [1.82, 2.24) is 5.32 Å². The molecule has 3 rings (SSSR count).